The first-order valence-electron chi connectivity index (χ1n) is 7.25. The van der Waals surface area contributed by atoms with Crippen molar-refractivity contribution in [3.05, 3.63) is 70.8 Å². The maximum absolute atomic E-state index is 14.5. The first-order chi connectivity index (χ1) is 12.0. The summed E-state index contributed by atoms with van der Waals surface area (Å²) >= 11 is 0. The van der Waals surface area contributed by atoms with Gasteiger partial charge in [-0.05, 0) is 46.7 Å². The molecule has 3 aromatic rings. The number of halogens is 2. The Morgan fingerprint density at radius 3 is 2.24 bits per heavy atom. The van der Waals surface area contributed by atoms with Crippen molar-refractivity contribution in [2.75, 3.05) is 0 Å². The van der Waals surface area contributed by atoms with Crippen LogP contribution in [0.2, 0.25) is 0 Å². The number of aliphatic hydroxyl groups excluding tert-OH is 1. The van der Waals surface area contributed by atoms with Crippen molar-refractivity contribution >= 4 is 16.7 Å². The zero-order valence-corrected chi connectivity index (χ0v) is 12.8. The molecule has 0 radical (unpaired) electrons. The summed E-state index contributed by atoms with van der Waals surface area (Å²) in [6, 6.07) is 11.0. The van der Waals surface area contributed by atoms with Crippen molar-refractivity contribution in [3.63, 3.8) is 0 Å². The van der Waals surface area contributed by atoms with Crippen LogP contribution in [0.4, 0.5) is 8.78 Å². The number of carbonyl (C=O) groups is 1. The summed E-state index contributed by atoms with van der Waals surface area (Å²) < 4.78 is 29.0. The first-order valence-corrected chi connectivity index (χ1v) is 7.25. The Bertz CT molecular complexity index is 1030. The number of rotatable bonds is 3. The van der Waals surface area contributed by atoms with Crippen LogP contribution >= 0.6 is 0 Å². The van der Waals surface area contributed by atoms with Crippen molar-refractivity contribution in [2.45, 2.75) is 6.61 Å². The van der Waals surface area contributed by atoms with Crippen LogP contribution in [0.15, 0.2) is 42.5 Å². The lowest BCUT2D eigenvalue weighted by Crippen LogP contribution is -1.99. The summed E-state index contributed by atoms with van der Waals surface area (Å²) in [5, 5.41) is 28.4. The molecule has 124 valence electrons. The summed E-state index contributed by atoms with van der Waals surface area (Å²) in [4.78, 5) is 11.2. The lowest BCUT2D eigenvalue weighted by molar-refractivity contribution is 0.0697. The topological polar surface area (TPSA) is 81.3 Å². The minimum absolute atomic E-state index is 0.0115. The molecule has 3 aromatic carbocycles. The number of carboxylic acid groups (broad SMARTS) is 1. The van der Waals surface area contributed by atoms with E-state index >= 15 is 0 Å². The Morgan fingerprint density at radius 1 is 1.04 bits per heavy atom. The molecule has 0 fully saturated rings. The maximum Gasteiger partial charge on any atom is 0.335 e. The van der Waals surface area contributed by atoms with Crippen molar-refractivity contribution < 1.29 is 23.8 Å². The highest BCUT2D eigenvalue weighted by Crippen LogP contribution is 2.36. The van der Waals surface area contributed by atoms with Crippen LogP contribution in [0.5, 0.6) is 0 Å². The molecule has 0 bridgehead atoms. The second-order valence-electron chi connectivity index (χ2n) is 5.43. The van der Waals surface area contributed by atoms with E-state index in [1.807, 2.05) is 6.07 Å². The van der Waals surface area contributed by atoms with Gasteiger partial charge in [-0.2, -0.15) is 5.26 Å². The molecule has 0 saturated carbocycles. The zero-order chi connectivity index (χ0) is 18.1. The van der Waals surface area contributed by atoms with Gasteiger partial charge in [-0.15, -0.1) is 0 Å². The van der Waals surface area contributed by atoms with E-state index in [1.54, 1.807) is 6.07 Å². The van der Waals surface area contributed by atoms with Gasteiger partial charge >= 0.3 is 5.97 Å². The smallest absolute Gasteiger partial charge is 0.335 e. The van der Waals surface area contributed by atoms with Crippen LogP contribution in [0, 0.1) is 23.0 Å². The Morgan fingerprint density at radius 2 is 1.68 bits per heavy atom. The minimum atomic E-state index is -1.19. The van der Waals surface area contributed by atoms with Gasteiger partial charge in [-0.3, -0.25) is 0 Å². The molecular weight excluding hydrogens is 328 g/mol. The molecule has 6 heteroatoms. The molecule has 0 aliphatic carbocycles. The normalized spacial score (nSPS) is 10.6. The summed E-state index contributed by atoms with van der Waals surface area (Å²) in [6.07, 6.45) is 0. The Labute approximate surface area is 141 Å². The molecule has 0 aromatic heterocycles. The number of nitrogens with zero attached hydrogens (tertiary/aromatic N) is 1. The molecule has 0 amide bonds. The fourth-order valence-corrected chi connectivity index (χ4v) is 2.77. The molecule has 0 atom stereocenters. The van der Waals surface area contributed by atoms with Gasteiger partial charge in [0.05, 0.1) is 29.4 Å². The number of aliphatic hydroxyl groups is 1. The molecule has 3 rings (SSSR count). The van der Waals surface area contributed by atoms with Crippen LogP contribution in [-0.2, 0) is 6.61 Å². The Hall–Kier alpha value is -3.30. The lowest BCUT2D eigenvalue weighted by Gasteiger charge is -2.13. The average Bonchev–Trinajstić information content (AvgIpc) is 2.60. The number of benzene rings is 3. The van der Waals surface area contributed by atoms with Crippen molar-refractivity contribution in [1.29, 1.82) is 5.26 Å². The van der Waals surface area contributed by atoms with Gasteiger partial charge < -0.3 is 10.2 Å². The molecule has 2 N–H and O–H groups in total. The third-order valence-corrected chi connectivity index (χ3v) is 3.92. The largest absolute Gasteiger partial charge is 0.478 e. The minimum Gasteiger partial charge on any atom is -0.478 e. The van der Waals surface area contributed by atoms with E-state index in [2.05, 4.69) is 0 Å². The predicted octanol–water partition coefficient (Wildman–Crippen LogP) is 3.85. The number of aromatic carboxylic acids is 1. The summed E-state index contributed by atoms with van der Waals surface area (Å²) in [6.45, 7) is -0.530. The van der Waals surface area contributed by atoms with Crippen molar-refractivity contribution in [3.8, 4) is 17.2 Å². The Balaban J connectivity index is 2.44. The van der Waals surface area contributed by atoms with Gasteiger partial charge in [0.25, 0.3) is 0 Å². The van der Waals surface area contributed by atoms with Gasteiger partial charge in [0.2, 0.25) is 0 Å². The van der Waals surface area contributed by atoms with Crippen molar-refractivity contribution in [2.24, 2.45) is 0 Å². The zero-order valence-electron chi connectivity index (χ0n) is 12.8. The molecule has 0 unspecified atom stereocenters. The summed E-state index contributed by atoms with van der Waals surface area (Å²) in [5.41, 5.74) is -0.422. The molecule has 0 saturated heterocycles. The molecule has 0 aliphatic rings. The number of carboxylic acids is 1. The third kappa shape index (κ3) is 2.82. The van der Waals surface area contributed by atoms with Gasteiger partial charge in [-0.1, -0.05) is 12.1 Å². The highest BCUT2D eigenvalue weighted by atomic mass is 19.1. The van der Waals surface area contributed by atoms with Crippen molar-refractivity contribution in [1.82, 2.24) is 0 Å². The van der Waals surface area contributed by atoms with Crippen LogP contribution in [0.25, 0.3) is 21.9 Å². The van der Waals surface area contributed by atoms with Crippen LogP contribution in [0.3, 0.4) is 0 Å². The standard InChI is InChI=1S/C19H11F2NO3/c20-15-5-10(9-23)6-16(21)18(15)17-13(8-22)4-2-11-1-3-12(19(24)25)7-14(11)17/h1-7,23H,9H2,(H,24,25). The number of nitriles is 1. The van der Waals surface area contributed by atoms with E-state index < -0.39 is 29.8 Å². The van der Waals surface area contributed by atoms with E-state index in [4.69, 9.17) is 10.2 Å². The van der Waals surface area contributed by atoms with Gasteiger partial charge in [0, 0.05) is 5.56 Å². The highest BCUT2D eigenvalue weighted by Gasteiger charge is 2.20. The highest BCUT2D eigenvalue weighted by molar-refractivity contribution is 6.03. The molecule has 0 spiro atoms. The molecule has 0 heterocycles. The molecular formula is C19H11F2NO3. The van der Waals surface area contributed by atoms with E-state index in [-0.39, 0.29) is 27.6 Å². The Kier molecular flexibility index (Phi) is 4.17. The molecule has 4 nitrogen and oxygen atoms in total. The van der Waals surface area contributed by atoms with Crippen LogP contribution in [0.1, 0.15) is 21.5 Å². The molecule has 25 heavy (non-hydrogen) atoms. The molecule has 0 aliphatic heterocycles. The van der Waals surface area contributed by atoms with Crippen LogP contribution < -0.4 is 0 Å². The lowest BCUT2D eigenvalue weighted by atomic mass is 9.91. The van der Waals surface area contributed by atoms with E-state index in [9.17, 15) is 18.8 Å². The van der Waals surface area contributed by atoms with Gasteiger partial charge in [0.1, 0.15) is 11.6 Å². The van der Waals surface area contributed by atoms with E-state index in [0.717, 1.165) is 12.1 Å². The van der Waals surface area contributed by atoms with E-state index in [0.29, 0.717) is 5.39 Å². The monoisotopic (exact) mass is 339 g/mol. The first kappa shape index (κ1) is 16.6. The second kappa shape index (κ2) is 6.30. The summed E-state index contributed by atoms with van der Waals surface area (Å²) in [7, 11) is 0. The fourth-order valence-electron chi connectivity index (χ4n) is 2.77. The third-order valence-electron chi connectivity index (χ3n) is 3.92. The number of hydrogen-bond acceptors (Lipinski definition) is 3. The van der Waals surface area contributed by atoms with Gasteiger partial charge in [0.15, 0.2) is 0 Å². The SMILES string of the molecule is N#Cc1ccc2ccc(C(=O)O)cc2c1-c1c(F)cc(CO)cc1F. The quantitative estimate of drug-likeness (QED) is 0.759. The van der Waals surface area contributed by atoms with Gasteiger partial charge in [-0.25, -0.2) is 13.6 Å². The summed E-state index contributed by atoms with van der Waals surface area (Å²) in [5.74, 6) is -3.06. The fraction of sp³-hybridized carbons (Fsp3) is 0.0526. The number of fused-ring (bicyclic) bond motifs is 1. The average molecular weight is 339 g/mol. The van der Waals surface area contributed by atoms with E-state index in [1.165, 1.54) is 24.3 Å². The maximum atomic E-state index is 14.5. The van der Waals surface area contributed by atoms with Crippen LogP contribution in [-0.4, -0.2) is 16.2 Å². The second-order valence-corrected chi connectivity index (χ2v) is 5.43. The predicted molar refractivity (Wildman–Crippen MR) is 86.9 cm³/mol. The number of hydrogen-bond donors (Lipinski definition) is 2.